The first-order valence-electron chi connectivity index (χ1n) is 4.70. The Morgan fingerprint density at radius 1 is 1.67 bits per heavy atom. The molecule has 0 fully saturated rings. The van der Waals surface area contributed by atoms with E-state index in [0.29, 0.717) is 17.7 Å². The molecule has 15 heavy (non-hydrogen) atoms. The van der Waals surface area contributed by atoms with Crippen LogP contribution in [0.1, 0.15) is 24.6 Å². The molecule has 3 nitrogen and oxygen atoms in total. The molecule has 0 aliphatic heterocycles. The highest BCUT2D eigenvalue weighted by Crippen LogP contribution is 2.13. The van der Waals surface area contributed by atoms with Crippen LogP contribution < -0.4 is 0 Å². The molecule has 1 aromatic heterocycles. The van der Waals surface area contributed by atoms with Crippen LogP contribution in [0.3, 0.4) is 0 Å². The fraction of sp³-hybridized carbons (Fsp3) is 0.167. The first-order valence-corrected chi connectivity index (χ1v) is 4.70. The number of rotatable bonds is 4. The molecule has 1 aromatic rings. The highest BCUT2D eigenvalue weighted by atomic mass is 16.4. The summed E-state index contributed by atoms with van der Waals surface area (Å²) < 4.78 is 0. The second-order valence-electron chi connectivity index (χ2n) is 3.01. The van der Waals surface area contributed by atoms with Gasteiger partial charge in [0.25, 0.3) is 0 Å². The average molecular weight is 203 g/mol. The lowest BCUT2D eigenvalue weighted by Crippen LogP contribution is -1.99. The third-order valence-electron chi connectivity index (χ3n) is 2.05. The standard InChI is InChI=1S/C12H13NO2/c1-3-9(12(14)15)8-10-6-5-7-13-11(10)4-2/h4-8H,2-3H2,1H3,(H,14,15). The monoisotopic (exact) mass is 203 g/mol. The minimum Gasteiger partial charge on any atom is -0.478 e. The van der Waals surface area contributed by atoms with Crippen LogP contribution >= 0.6 is 0 Å². The summed E-state index contributed by atoms with van der Waals surface area (Å²) in [6.07, 6.45) is 5.38. The van der Waals surface area contributed by atoms with Crippen molar-refractivity contribution in [1.82, 2.24) is 4.98 Å². The number of aliphatic carboxylic acids is 1. The van der Waals surface area contributed by atoms with Crippen molar-refractivity contribution in [3.63, 3.8) is 0 Å². The van der Waals surface area contributed by atoms with Gasteiger partial charge in [-0.2, -0.15) is 0 Å². The molecular formula is C12H13NO2. The molecule has 78 valence electrons. The van der Waals surface area contributed by atoms with Crippen LogP contribution in [-0.2, 0) is 4.79 Å². The lowest BCUT2D eigenvalue weighted by molar-refractivity contribution is -0.132. The lowest BCUT2D eigenvalue weighted by atomic mass is 10.1. The predicted octanol–water partition coefficient (Wildman–Crippen LogP) is 2.60. The fourth-order valence-electron chi connectivity index (χ4n) is 1.23. The van der Waals surface area contributed by atoms with Crippen molar-refractivity contribution >= 4 is 18.1 Å². The van der Waals surface area contributed by atoms with Crippen molar-refractivity contribution in [3.8, 4) is 0 Å². The number of hydrogen-bond acceptors (Lipinski definition) is 2. The Morgan fingerprint density at radius 3 is 2.93 bits per heavy atom. The smallest absolute Gasteiger partial charge is 0.331 e. The lowest BCUT2D eigenvalue weighted by Gasteiger charge is -2.01. The van der Waals surface area contributed by atoms with E-state index < -0.39 is 5.97 Å². The largest absolute Gasteiger partial charge is 0.478 e. The number of carboxylic acids is 1. The van der Waals surface area contributed by atoms with E-state index >= 15 is 0 Å². The van der Waals surface area contributed by atoms with Crippen LogP contribution in [0.15, 0.2) is 30.5 Å². The number of carboxylic acid groups (broad SMARTS) is 1. The summed E-state index contributed by atoms with van der Waals surface area (Å²) in [4.78, 5) is 14.9. The quantitative estimate of drug-likeness (QED) is 0.765. The van der Waals surface area contributed by atoms with E-state index in [1.54, 1.807) is 24.4 Å². The molecule has 0 saturated carbocycles. The van der Waals surface area contributed by atoms with E-state index in [1.165, 1.54) is 0 Å². The maximum atomic E-state index is 10.8. The van der Waals surface area contributed by atoms with Crippen LogP contribution in [0.25, 0.3) is 12.2 Å². The summed E-state index contributed by atoms with van der Waals surface area (Å²) in [6.45, 7) is 5.44. The van der Waals surface area contributed by atoms with Crippen molar-refractivity contribution in [2.45, 2.75) is 13.3 Å². The second kappa shape index (κ2) is 5.10. The second-order valence-corrected chi connectivity index (χ2v) is 3.01. The number of aromatic nitrogens is 1. The minimum absolute atomic E-state index is 0.367. The molecule has 0 bridgehead atoms. The topological polar surface area (TPSA) is 50.2 Å². The van der Waals surface area contributed by atoms with Gasteiger partial charge in [0.1, 0.15) is 0 Å². The maximum Gasteiger partial charge on any atom is 0.331 e. The first kappa shape index (κ1) is 11.2. The van der Waals surface area contributed by atoms with E-state index in [4.69, 9.17) is 5.11 Å². The van der Waals surface area contributed by atoms with Crippen molar-refractivity contribution in [3.05, 3.63) is 41.7 Å². The van der Waals surface area contributed by atoms with Gasteiger partial charge in [0.15, 0.2) is 0 Å². The van der Waals surface area contributed by atoms with Gasteiger partial charge in [-0.25, -0.2) is 4.79 Å². The summed E-state index contributed by atoms with van der Waals surface area (Å²) in [6, 6.07) is 3.59. The SMILES string of the molecule is C=Cc1ncccc1C=C(CC)C(=O)O. The highest BCUT2D eigenvalue weighted by Gasteiger charge is 2.05. The van der Waals surface area contributed by atoms with Gasteiger partial charge in [-0.1, -0.05) is 19.6 Å². The third kappa shape index (κ3) is 2.77. The van der Waals surface area contributed by atoms with E-state index in [-0.39, 0.29) is 0 Å². The van der Waals surface area contributed by atoms with Crippen LogP contribution in [0.2, 0.25) is 0 Å². The van der Waals surface area contributed by atoms with Gasteiger partial charge in [-0.3, -0.25) is 4.98 Å². The Balaban J connectivity index is 3.16. The minimum atomic E-state index is -0.892. The van der Waals surface area contributed by atoms with Crippen molar-refractivity contribution < 1.29 is 9.90 Å². The summed E-state index contributed by atoms with van der Waals surface area (Å²) in [7, 11) is 0. The Kier molecular flexibility index (Phi) is 3.80. The summed E-state index contributed by atoms with van der Waals surface area (Å²) in [5.41, 5.74) is 1.85. The molecule has 1 heterocycles. The summed E-state index contributed by atoms with van der Waals surface area (Å²) in [5.74, 6) is -0.892. The molecule has 0 saturated heterocycles. The number of carbonyl (C=O) groups is 1. The average Bonchev–Trinajstić information content (AvgIpc) is 2.25. The van der Waals surface area contributed by atoms with Gasteiger partial charge in [-0.05, 0) is 24.6 Å². The number of hydrogen-bond donors (Lipinski definition) is 1. The van der Waals surface area contributed by atoms with Gasteiger partial charge in [-0.15, -0.1) is 0 Å². The van der Waals surface area contributed by atoms with Gasteiger partial charge < -0.3 is 5.11 Å². The maximum absolute atomic E-state index is 10.8. The summed E-state index contributed by atoms with van der Waals surface area (Å²) >= 11 is 0. The molecule has 0 aliphatic rings. The zero-order valence-electron chi connectivity index (χ0n) is 8.60. The number of pyridine rings is 1. The Hall–Kier alpha value is -1.90. The Bertz CT molecular complexity index is 408. The van der Waals surface area contributed by atoms with E-state index in [0.717, 1.165) is 5.56 Å². The molecule has 1 N–H and O–H groups in total. The molecule has 0 aliphatic carbocycles. The normalized spacial score (nSPS) is 11.1. The third-order valence-corrected chi connectivity index (χ3v) is 2.05. The highest BCUT2D eigenvalue weighted by molar-refractivity contribution is 5.92. The fourth-order valence-corrected chi connectivity index (χ4v) is 1.23. The molecule has 0 radical (unpaired) electrons. The predicted molar refractivity (Wildman–Crippen MR) is 60.2 cm³/mol. The van der Waals surface area contributed by atoms with Gasteiger partial charge in [0, 0.05) is 17.3 Å². The van der Waals surface area contributed by atoms with E-state index in [1.807, 2.05) is 13.0 Å². The molecule has 0 unspecified atom stereocenters. The van der Waals surface area contributed by atoms with E-state index in [2.05, 4.69) is 11.6 Å². The molecule has 0 spiro atoms. The summed E-state index contributed by atoms with van der Waals surface area (Å²) in [5, 5.41) is 8.88. The number of nitrogens with zero attached hydrogens (tertiary/aromatic N) is 1. The van der Waals surface area contributed by atoms with Crippen LogP contribution in [0, 0.1) is 0 Å². The molecule has 1 rings (SSSR count). The molecule has 0 atom stereocenters. The Morgan fingerprint density at radius 2 is 2.40 bits per heavy atom. The van der Waals surface area contributed by atoms with Crippen LogP contribution in [0.4, 0.5) is 0 Å². The molecule has 0 amide bonds. The van der Waals surface area contributed by atoms with Gasteiger partial charge in [0.2, 0.25) is 0 Å². The molecule has 3 heteroatoms. The van der Waals surface area contributed by atoms with Crippen molar-refractivity contribution in [2.24, 2.45) is 0 Å². The Labute approximate surface area is 88.8 Å². The van der Waals surface area contributed by atoms with Crippen molar-refractivity contribution in [2.75, 3.05) is 0 Å². The van der Waals surface area contributed by atoms with Gasteiger partial charge >= 0.3 is 5.97 Å². The molecule has 0 aromatic carbocycles. The van der Waals surface area contributed by atoms with Crippen LogP contribution in [-0.4, -0.2) is 16.1 Å². The van der Waals surface area contributed by atoms with Crippen LogP contribution in [0.5, 0.6) is 0 Å². The molecular weight excluding hydrogens is 190 g/mol. The van der Waals surface area contributed by atoms with Gasteiger partial charge in [0.05, 0.1) is 5.69 Å². The van der Waals surface area contributed by atoms with E-state index in [9.17, 15) is 4.79 Å². The zero-order valence-corrected chi connectivity index (χ0v) is 8.60. The first-order chi connectivity index (χ1) is 7.19. The van der Waals surface area contributed by atoms with Crippen molar-refractivity contribution in [1.29, 1.82) is 0 Å². The zero-order chi connectivity index (χ0) is 11.3.